The molecule has 2 rings (SSSR count). The lowest BCUT2D eigenvalue weighted by Crippen LogP contribution is -2.10. The Hall–Kier alpha value is -0.380. The van der Waals surface area contributed by atoms with Crippen LogP contribution in [-0.2, 0) is 0 Å². The number of nitrogens with two attached hydrogens (primary N) is 1. The fraction of sp³-hybridized carbons (Fsp3) is 0.455. The number of benzene rings is 1. The first-order valence-electron chi connectivity index (χ1n) is 5.14. The normalized spacial score (nSPS) is 20.7. The second-order valence-corrected chi connectivity index (χ2v) is 5.33. The molecule has 3 N–H and O–H groups in total. The molecule has 1 saturated heterocycles. The van der Waals surface area contributed by atoms with E-state index >= 15 is 0 Å². The largest absolute Gasteiger partial charge is 0.399 e. The maximum Gasteiger partial charge on any atom is 0.0562 e. The van der Waals surface area contributed by atoms with E-state index in [2.05, 4.69) is 5.32 Å². The van der Waals surface area contributed by atoms with Gasteiger partial charge in [0.1, 0.15) is 0 Å². The summed E-state index contributed by atoms with van der Waals surface area (Å²) < 4.78 is 0. The fourth-order valence-corrected chi connectivity index (χ4v) is 3.11. The van der Waals surface area contributed by atoms with Gasteiger partial charge in [0, 0.05) is 16.3 Å². The highest BCUT2D eigenvalue weighted by atomic mass is 35.5. The van der Waals surface area contributed by atoms with Crippen LogP contribution in [0.2, 0.25) is 5.02 Å². The van der Waals surface area contributed by atoms with Crippen molar-refractivity contribution in [3.63, 3.8) is 0 Å². The summed E-state index contributed by atoms with van der Waals surface area (Å²) in [5, 5.41) is 4.14. The highest BCUT2D eigenvalue weighted by Gasteiger charge is 2.14. The molecule has 1 aliphatic heterocycles. The van der Waals surface area contributed by atoms with Gasteiger partial charge in [-0.05, 0) is 43.6 Å². The molecule has 0 saturated carbocycles. The summed E-state index contributed by atoms with van der Waals surface area (Å²) in [5.74, 6) is 1.92. The van der Waals surface area contributed by atoms with Gasteiger partial charge in [-0.15, -0.1) is 11.8 Å². The van der Waals surface area contributed by atoms with Crippen LogP contribution < -0.4 is 11.1 Å². The number of hydrogen-bond acceptors (Lipinski definition) is 3. The van der Waals surface area contributed by atoms with Crippen molar-refractivity contribution in [1.29, 1.82) is 0 Å². The Labute approximate surface area is 99.6 Å². The second-order valence-electron chi connectivity index (χ2n) is 3.86. The lowest BCUT2D eigenvalue weighted by atomic mass is 10.2. The molecule has 4 heteroatoms. The molecular weight excluding hydrogens is 228 g/mol. The van der Waals surface area contributed by atoms with Crippen molar-refractivity contribution >= 4 is 29.1 Å². The Bertz CT molecular complexity index is 337. The van der Waals surface area contributed by atoms with Crippen molar-refractivity contribution in [2.45, 2.75) is 11.3 Å². The van der Waals surface area contributed by atoms with Crippen LogP contribution in [0.3, 0.4) is 0 Å². The topological polar surface area (TPSA) is 38.0 Å². The van der Waals surface area contributed by atoms with E-state index in [-0.39, 0.29) is 0 Å². The Morgan fingerprint density at radius 2 is 2.40 bits per heavy atom. The van der Waals surface area contributed by atoms with Crippen molar-refractivity contribution in [2.75, 3.05) is 24.6 Å². The third kappa shape index (κ3) is 3.03. The minimum absolute atomic E-state index is 0.729. The Balaban J connectivity index is 1.92. The summed E-state index contributed by atoms with van der Waals surface area (Å²) in [4.78, 5) is 1.14. The quantitative estimate of drug-likeness (QED) is 0.632. The maximum atomic E-state index is 6.10. The summed E-state index contributed by atoms with van der Waals surface area (Å²) in [6.07, 6.45) is 1.28. The van der Waals surface area contributed by atoms with Crippen LogP contribution in [0, 0.1) is 5.92 Å². The zero-order chi connectivity index (χ0) is 10.7. The summed E-state index contributed by atoms with van der Waals surface area (Å²) in [6, 6.07) is 5.72. The molecule has 1 unspecified atom stereocenters. The maximum absolute atomic E-state index is 6.10. The molecule has 1 fully saturated rings. The van der Waals surface area contributed by atoms with Gasteiger partial charge < -0.3 is 11.1 Å². The Morgan fingerprint density at radius 3 is 3.07 bits per heavy atom. The van der Waals surface area contributed by atoms with Crippen LogP contribution in [-0.4, -0.2) is 18.8 Å². The van der Waals surface area contributed by atoms with Crippen molar-refractivity contribution in [2.24, 2.45) is 5.92 Å². The van der Waals surface area contributed by atoms with E-state index in [1.165, 1.54) is 6.42 Å². The second kappa shape index (κ2) is 5.10. The van der Waals surface area contributed by atoms with Gasteiger partial charge in [-0.2, -0.15) is 0 Å². The van der Waals surface area contributed by atoms with Crippen LogP contribution in [0.4, 0.5) is 5.69 Å². The molecule has 1 aromatic carbocycles. The van der Waals surface area contributed by atoms with Gasteiger partial charge in [-0.3, -0.25) is 0 Å². The average Bonchev–Trinajstić information content (AvgIpc) is 2.69. The number of nitrogen functional groups attached to an aromatic ring is 1. The third-order valence-electron chi connectivity index (χ3n) is 2.59. The van der Waals surface area contributed by atoms with Gasteiger partial charge in [-0.1, -0.05) is 11.6 Å². The molecule has 1 atom stereocenters. The van der Waals surface area contributed by atoms with Gasteiger partial charge in [-0.25, -0.2) is 0 Å². The molecule has 0 bridgehead atoms. The Kier molecular flexibility index (Phi) is 3.78. The average molecular weight is 243 g/mol. The minimum atomic E-state index is 0.729. The molecule has 1 aromatic rings. The van der Waals surface area contributed by atoms with Gasteiger partial charge in [0.15, 0.2) is 0 Å². The molecule has 15 heavy (non-hydrogen) atoms. The van der Waals surface area contributed by atoms with E-state index in [4.69, 9.17) is 17.3 Å². The van der Waals surface area contributed by atoms with Gasteiger partial charge >= 0.3 is 0 Å². The number of thioether (sulfide) groups is 1. The lowest BCUT2D eigenvalue weighted by molar-refractivity contribution is 0.663. The predicted molar refractivity (Wildman–Crippen MR) is 67.6 cm³/mol. The molecule has 2 nitrogen and oxygen atoms in total. The molecule has 0 aromatic heterocycles. The van der Waals surface area contributed by atoms with E-state index < -0.39 is 0 Å². The fourth-order valence-electron chi connectivity index (χ4n) is 1.70. The van der Waals surface area contributed by atoms with Crippen LogP contribution in [0.25, 0.3) is 0 Å². The number of rotatable bonds is 3. The molecule has 82 valence electrons. The van der Waals surface area contributed by atoms with E-state index in [0.717, 1.165) is 40.4 Å². The molecule has 1 heterocycles. The minimum Gasteiger partial charge on any atom is -0.399 e. The Morgan fingerprint density at radius 1 is 1.53 bits per heavy atom. The summed E-state index contributed by atoms with van der Waals surface area (Å²) in [6.45, 7) is 2.29. The van der Waals surface area contributed by atoms with E-state index in [9.17, 15) is 0 Å². The molecule has 0 radical (unpaired) electrons. The number of halogens is 1. The predicted octanol–water partition coefficient (Wildman–Crippen LogP) is 2.62. The van der Waals surface area contributed by atoms with Crippen molar-refractivity contribution in [1.82, 2.24) is 5.32 Å². The van der Waals surface area contributed by atoms with Crippen LogP contribution in [0.1, 0.15) is 6.42 Å². The standard InChI is InChI=1S/C11H15ClN2S/c12-10-5-9(13)1-2-11(10)15-7-8-3-4-14-6-8/h1-2,5,8,14H,3-4,6-7,13H2. The van der Waals surface area contributed by atoms with Crippen molar-refractivity contribution in [3.8, 4) is 0 Å². The highest BCUT2D eigenvalue weighted by Crippen LogP contribution is 2.30. The van der Waals surface area contributed by atoms with E-state index in [0.29, 0.717) is 0 Å². The summed E-state index contributed by atoms with van der Waals surface area (Å²) in [5.41, 5.74) is 6.37. The first kappa shape index (κ1) is 11.1. The summed E-state index contributed by atoms with van der Waals surface area (Å²) in [7, 11) is 0. The van der Waals surface area contributed by atoms with Gasteiger partial charge in [0.05, 0.1) is 5.02 Å². The zero-order valence-electron chi connectivity index (χ0n) is 8.50. The summed E-state index contributed by atoms with van der Waals surface area (Å²) >= 11 is 7.92. The zero-order valence-corrected chi connectivity index (χ0v) is 10.1. The lowest BCUT2D eigenvalue weighted by Gasteiger charge is -2.09. The van der Waals surface area contributed by atoms with Crippen LogP contribution in [0.15, 0.2) is 23.1 Å². The monoisotopic (exact) mass is 242 g/mol. The van der Waals surface area contributed by atoms with E-state index in [1.54, 1.807) is 0 Å². The van der Waals surface area contributed by atoms with Crippen molar-refractivity contribution in [3.05, 3.63) is 23.2 Å². The SMILES string of the molecule is Nc1ccc(SCC2CCNC2)c(Cl)c1. The third-order valence-corrected chi connectivity index (χ3v) is 4.32. The molecular formula is C11H15ClN2S. The molecule has 1 aliphatic rings. The van der Waals surface area contributed by atoms with Gasteiger partial charge in [0.25, 0.3) is 0 Å². The smallest absolute Gasteiger partial charge is 0.0562 e. The number of anilines is 1. The van der Waals surface area contributed by atoms with E-state index in [1.807, 2.05) is 30.0 Å². The molecule has 0 aliphatic carbocycles. The number of nitrogens with one attached hydrogen (secondary N) is 1. The first-order chi connectivity index (χ1) is 7.25. The molecule has 0 amide bonds. The molecule has 0 spiro atoms. The first-order valence-corrected chi connectivity index (χ1v) is 6.50. The van der Waals surface area contributed by atoms with Crippen LogP contribution >= 0.6 is 23.4 Å². The number of hydrogen-bond donors (Lipinski definition) is 2. The van der Waals surface area contributed by atoms with Crippen molar-refractivity contribution < 1.29 is 0 Å². The highest BCUT2D eigenvalue weighted by molar-refractivity contribution is 7.99. The van der Waals surface area contributed by atoms with Gasteiger partial charge in [0.2, 0.25) is 0 Å². The van der Waals surface area contributed by atoms with Crippen LogP contribution in [0.5, 0.6) is 0 Å².